The molecule has 3 rings (SSSR count). The predicted molar refractivity (Wildman–Crippen MR) is 85.6 cm³/mol. The van der Waals surface area contributed by atoms with Crippen LogP contribution in [0.2, 0.25) is 0 Å². The van der Waals surface area contributed by atoms with E-state index in [0.29, 0.717) is 5.92 Å². The van der Waals surface area contributed by atoms with E-state index in [2.05, 4.69) is 46.4 Å². The van der Waals surface area contributed by atoms with Crippen molar-refractivity contribution in [3.63, 3.8) is 0 Å². The smallest absolute Gasteiger partial charge is 0.160 e. The first-order valence-electron chi connectivity index (χ1n) is 7.87. The van der Waals surface area contributed by atoms with Crippen molar-refractivity contribution < 1.29 is 0 Å². The van der Waals surface area contributed by atoms with E-state index in [1.54, 1.807) is 0 Å². The summed E-state index contributed by atoms with van der Waals surface area (Å²) in [5.74, 6) is 1.77. The van der Waals surface area contributed by atoms with Gasteiger partial charge in [0.05, 0.1) is 0 Å². The zero-order valence-corrected chi connectivity index (χ0v) is 13.3. The van der Waals surface area contributed by atoms with E-state index in [1.165, 1.54) is 18.8 Å². The molecule has 5 heteroatoms. The highest BCUT2D eigenvalue weighted by atomic mass is 15.2. The Morgan fingerprint density at radius 2 is 2.24 bits per heavy atom. The van der Waals surface area contributed by atoms with Crippen LogP contribution in [0, 0.1) is 0 Å². The minimum atomic E-state index is 0.543. The van der Waals surface area contributed by atoms with Gasteiger partial charge < -0.3 is 14.4 Å². The number of rotatable bonds is 5. The van der Waals surface area contributed by atoms with Crippen LogP contribution in [0.25, 0.3) is 11.2 Å². The number of aromatic nitrogens is 3. The highest BCUT2D eigenvalue weighted by molar-refractivity contribution is 5.71. The van der Waals surface area contributed by atoms with Crippen LogP contribution in [0.15, 0.2) is 18.3 Å². The van der Waals surface area contributed by atoms with Gasteiger partial charge in [0.25, 0.3) is 0 Å². The Morgan fingerprint density at radius 1 is 1.38 bits per heavy atom. The van der Waals surface area contributed by atoms with Crippen molar-refractivity contribution in [3.05, 3.63) is 24.2 Å². The summed E-state index contributed by atoms with van der Waals surface area (Å²) in [5.41, 5.74) is 2.06. The molecule has 1 aliphatic heterocycles. The number of hydrogen-bond acceptors (Lipinski definition) is 4. The first kappa shape index (κ1) is 14.5. The molecule has 0 N–H and O–H groups in total. The van der Waals surface area contributed by atoms with E-state index in [-0.39, 0.29) is 0 Å². The normalized spacial score (nSPS) is 19.9. The van der Waals surface area contributed by atoms with Gasteiger partial charge in [-0.2, -0.15) is 0 Å². The molecule has 1 fully saturated rings. The van der Waals surface area contributed by atoms with Crippen molar-refractivity contribution in [1.29, 1.82) is 0 Å². The summed E-state index contributed by atoms with van der Waals surface area (Å²) in [6.07, 6.45) is 3.08. The van der Waals surface area contributed by atoms with Gasteiger partial charge in [-0.3, -0.25) is 0 Å². The van der Waals surface area contributed by atoms with Crippen molar-refractivity contribution in [2.75, 3.05) is 40.3 Å². The van der Waals surface area contributed by atoms with Crippen LogP contribution in [0.5, 0.6) is 0 Å². The Bertz CT molecular complexity index is 604. The third-order valence-corrected chi connectivity index (χ3v) is 4.39. The maximum atomic E-state index is 4.90. The lowest BCUT2D eigenvalue weighted by molar-refractivity contribution is 0.349. The highest BCUT2D eigenvalue weighted by Gasteiger charge is 2.27. The Morgan fingerprint density at radius 3 is 2.95 bits per heavy atom. The van der Waals surface area contributed by atoms with Gasteiger partial charge >= 0.3 is 0 Å². The molecule has 2 aromatic heterocycles. The fraction of sp³-hybridized carbons (Fsp3) is 0.625. The average molecular weight is 287 g/mol. The lowest BCUT2D eigenvalue weighted by Crippen LogP contribution is -2.22. The second-order valence-corrected chi connectivity index (χ2v) is 6.15. The summed E-state index contributed by atoms with van der Waals surface area (Å²) in [5, 5.41) is 0. The minimum absolute atomic E-state index is 0.543. The van der Waals surface area contributed by atoms with Gasteiger partial charge in [-0.15, -0.1) is 0 Å². The number of hydrogen-bond donors (Lipinski definition) is 0. The van der Waals surface area contributed by atoms with Gasteiger partial charge in [0, 0.05) is 31.7 Å². The average Bonchev–Trinajstić information content (AvgIpc) is 3.09. The van der Waals surface area contributed by atoms with Crippen molar-refractivity contribution in [2.45, 2.75) is 25.8 Å². The molecule has 0 amide bonds. The van der Waals surface area contributed by atoms with E-state index in [0.717, 1.165) is 37.3 Å². The summed E-state index contributed by atoms with van der Waals surface area (Å²) in [7, 11) is 4.22. The van der Waals surface area contributed by atoms with Gasteiger partial charge in [-0.25, -0.2) is 9.97 Å². The standard InChI is InChI=1S/C16H25N5/c1-4-20-9-7-13(12-20)15-18-14-6-5-8-17-16(14)21(15)11-10-19(2)3/h5-6,8,13H,4,7,9-12H2,1-3H3. The quantitative estimate of drug-likeness (QED) is 0.840. The van der Waals surface area contributed by atoms with Crippen LogP contribution in [0.3, 0.4) is 0 Å². The van der Waals surface area contributed by atoms with Gasteiger partial charge in [-0.1, -0.05) is 6.92 Å². The number of imidazole rings is 1. The van der Waals surface area contributed by atoms with E-state index in [1.807, 2.05) is 12.3 Å². The SMILES string of the molecule is CCN1CCC(c2nc3cccnc3n2CCN(C)C)C1. The maximum Gasteiger partial charge on any atom is 0.160 e. The van der Waals surface area contributed by atoms with Crippen molar-refractivity contribution >= 4 is 11.2 Å². The third kappa shape index (κ3) is 2.94. The summed E-state index contributed by atoms with van der Waals surface area (Å²) < 4.78 is 2.33. The molecule has 0 aliphatic carbocycles. The summed E-state index contributed by atoms with van der Waals surface area (Å²) in [6, 6.07) is 4.05. The van der Waals surface area contributed by atoms with Crippen molar-refractivity contribution in [1.82, 2.24) is 24.3 Å². The van der Waals surface area contributed by atoms with Gasteiger partial charge in [-0.05, 0) is 45.7 Å². The van der Waals surface area contributed by atoms with Crippen LogP contribution in [-0.2, 0) is 6.54 Å². The lowest BCUT2D eigenvalue weighted by atomic mass is 10.1. The van der Waals surface area contributed by atoms with Gasteiger partial charge in [0.1, 0.15) is 11.3 Å². The second kappa shape index (κ2) is 6.12. The van der Waals surface area contributed by atoms with E-state index < -0.39 is 0 Å². The van der Waals surface area contributed by atoms with Crippen LogP contribution in [0.1, 0.15) is 25.1 Å². The van der Waals surface area contributed by atoms with E-state index in [4.69, 9.17) is 4.98 Å². The molecule has 0 spiro atoms. The van der Waals surface area contributed by atoms with Crippen molar-refractivity contribution in [2.24, 2.45) is 0 Å². The first-order valence-corrected chi connectivity index (χ1v) is 7.87. The fourth-order valence-electron chi connectivity index (χ4n) is 3.14. The molecule has 0 radical (unpaired) electrons. The summed E-state index contributed by atoms with van der Waals surface area (Å²) >= 11 is 0. The molecule has 1 unspecified atom stereocenters. The molecule has 2 aromatic rings. The molecular weight excluding hydrogens is 262 g/mol. The van der Waals surface area contributed by atoms with E-state index >= 15 is 0 Å². The zero-order chi connectivity index (χ0) is 14.8. The molecule has 21 heavy (non-hydrogen) atoms. The van der Waals surface area contributed by atoms with Crippen LogP contribution in [0.4, 0.5) is 0 Å². The summed E-state index contributed by atoms with van der Waals surface area (Å²) in [6.45, 7) is 7.65. The molecule has 1 atom stereocenters. The molecule has 0 bridgehead atoms. The van der Waals surface area contributed by atoms with Crippen LogP contribution < -0.4 is 0 Å². The first-order chi connectivity index (χ1) is 10.2. The molecule has 0 aromatic carbocycles. The van der Waals surface area contributed by atoms with Crippen LogP contribution in [-0.4, -0.2) is 64.6 Å². The number of likely N-dealkylation sites (N-methyl/N-ethyl adjacent to an activating group) is 2. The zero-order valence-electron chi connectivity index (χ0n) is 13.3. The molecule has 114 valence electrons. The monoisotopic (exact) mass is 287 g/mol. The molecular formula is C16H25N5. The number of pyridine rings is 1. The topological polar surface area (TPSA) is 37.2 Å². The minimum Gasteiger partial charge on any atom is -0.311 e. The summed E-state index contributed by atoms with van der Waals surface area (Å²) in [4.78, 5) is 14.2. The van der Waals surface area contributed by atoms with E-state index in [9.17, 15) is 0 Å². The highest BCUT2D eigenvalue weighted by Crippen LogP contribution is 2.28. The number of nitrogens with zero attached hydrogens (tertiary/aromatic N) is 5. The van der Waals surface area contributed by atoms with Crippen LogP contribution >= 0.6 is 0 Å². The lowest BCUT2D eigenvalue weighted by Gasteiger charge is -2.16. The Hall–Kier alpha value is -1.46. The molecule has 1 aliphatic rings. The molecule has 0 saturated carbocycles. The number of fused-ring (bicyclic) bond motifs is 1. The third-order valence-electron chi connectivity index (χ3n) is 4.39. The number of likely N-dealkylation sites (tertiary alicyclic amines) is 1. The Kier molecular flexibility index (Phi) is 4.22. The Balaban J connectivity index is 1.94. The Labute approximate surface area is 126 Å². The van der Waals surface area contributed by atoms with Crippen molar-refractivity contribution in [3.8, 4) is 0 Å². The maximum absolute atomic E-state index is 4.90. The predicted octanol–water partition coefficient (Wildman–Crippen LogP) is 1.80. The van der Waals surface area contributed by atoms with Gasteiger partial charge in [0.2, 0.25) is 0 Å². The molecule has 1 saturated heterocycles. The molecule has 5 nitrogen and oxygen atoms in total. The molecule has 3 heterocycles. The second-order valence-electron chi connectivity index (χ2n) is 6.15. The fourth-order valence-corrected chi connectivity index (χ4v) is 3.14. The van der Waals surface area contributed by atoms with Gasteiger partial charge in [0.15, 0.2) is 5.65 Å². The largest absolute Gasteiger partial charge is 0.311 e.